The van der Waals surface area contributed by atoms with E-state index in [1.54, 1.807) is 6.20 Å². The van der Waals surface area contributed by atoms with Crippen LogP contribution in [0.1, 0.15) is 0 Å². The van der Waals surface area contributed by atoms with Gasteiger partial charge in [-0.15, -0.1) is 10.2 Å². The lowest BCUT2D eigenvalue weighted by molar-refractivity contribution is 0.481. The second-order valence-corrected chi connectivity index (χ2v) is 4.41. The quantitative estimate of drug-likeness (QED) is 0.569. The third kappa shape index (κ3) is 1.68. The van der Waals surface area contributed by atoms with Crippen LogP contribution in [-0.2, 0) is 0 Å². The summed E-state index contributed by atoms with van der Waals surface area (Å²) in [6.07, 6.45) is 1.62. The van der Waals surface area contributed by atoms with E-state index in [1.807, 2.05) is 48.5 Å². The maximum Gasteiger partial charge on any atom is 0.151 e. The van der Waals surface area contributed by atoms with Crippen molar-refractivity contribution in [2.75, 3.05) is 5.32 Å². The van der Waals surface area contributed by atoms with Gasteiger partial charge in [0.15, 0.2) is 11.5 Å². The topological polar surface area (TPSA) is 59.9 Å². The number of para-hydroxylation sites is 3. The van der Waals surface area contributed by atoms with E-state index >= 15 is 0 Å². The number of anilines is 2. The molecule has 0 fully saturated rings. The monoisotopic (exact) mass is 262 g/mol. The minimum absolute atomic E-state index is 0.757. The second-order valence-electron chi connectivity index (χ2n) is 4.41. The highest BCUT2D eigenvalue weighted by Gasteiger charge is 2.19. The third-order valence-electron chi connectivity index (χ3n) is 3.17. The van der Waals surface area contributed by atoms with E-state index in [0.717, 1.165) is 34.1 Å². The first-order valence-corrected chi connectivity index (χ1v) is 6.23. The third-order valence-corrected chi connectivity index (χ3v) is 3.17. The van der Waals surface area contributed by atoms with Crippen LogP contribution in [0.5, 0.6) is 11.5 Å². The van der Waals surface area contributed by atoms with Gasteiger partial charge in [0.25, 0.3) is 0 Å². The summed E-state index contributed by atoms with van der Waals surface area (Å²) in [5, 5.41) is 14.8. The Hall–Kier alpha value is -2.95. The highest BCUT2D eigenvalue weighted by molar-refractivity contribution is 5.87. The number of aromatic nitrogens is 3. The van der Waals surface area contributed by atoms with Gasteiger partial charge in [-0.2, -0.15) is 0 Å². The van der Waals surface area contributed by atoms with Gasteiger partial charge in [-0.1, -0.05) is 24.3 Å². The number of nitrogens with one attached hydrogen (secondary N) is 1. The van der Waals surface area contributed by atoms with Crippen molar-refractivity contribution in [3.8, 4) is 22.8 Å². The molecule has 0 saturated carbocycles. The lowest BCUT2D eigenvalue weighted by Gasteiger charge is -2.23. The average molecular weight is 262 g/mol. The van der Waals surface area contributed by atoms with Crippen molar-refractivity contribution < 1.29 is 4.74 Å². The number of fused-ring (bicyclic) bond motifs is 2. The van der Waals surface area contributed by atoms with E-state index in [2.05, 4.69) is 20.7 Å². The van der Waals surface area contributed by atoms with Crippen LogP contribution in [0.3, 0.4) is 0 Å². The summed E-state index contributed by atoms with van der Waals surface area (Å²) in [5.41, 5.74) is 3.53. The van der Waals surface area contributed by atoms with Gasteiger partial charge < -0.3 is 10.1 Å². The van der Waals surface area contributed by atoms with Crippen LogP contribution in [0.2, 0.25) is 0 Å². The fourth-order valence-electron chi connectivity index (χ4n) is 2.26. The zero-order chi connectivity index (χ0) is 13.4. The van der Waals surface area contributed by atoms with Crippen LogP contribution in [0.4, 0.5) is 11.4 Å². The molecule has 1 aromatic heterocycles. The van der Waals surface area contributed by atoms with Crippen molar-refractivity contribution in [1.29, 1.82) is 0 Å². The van der Waals surface area contributed by atoms with Gasteiger partial charge in [0, 0.05) is 5.56 Å². The van der Waals surface area contributed by atoms with Gasteiger partial charge in [-0.05, 0) is 29.5 Å². The number of rotatable bonds is 1. The first kappa shape index (κ1) is 10.9. The van der Waals surface area contributed by atoms with Crippen LogP contribution < -0.4 is 10.1 Å². The van der Waals surface area contributed by atoms with E-state index in [4.69, 9.17) is 4.74 Å². The molecule has 0 saturated heterocycles. The molecule has 0 radical (unpaired) electrons. The summed E-state index contributed by atoms with van der Waals surface area (Å²) in [6, 6.07) is 15.5. The van der Waals surface area contributed by atoms with Crippen LogP contribution in [0, 0.1) is 0 Å². The summed E-state index contributed by atoms with van der Waals surface area (Å²) in [4.78, 5) is 0. The molecule has 3 aromatic rings. The second kappa shape index (κ2) is 4.31. The van der Waals surface area contributed by atoms with E-state index in [1.165, 1.54) is 0 Å². The molecule has 1 N–H and O–H groups in total. The van der Waals surface area contributed by atoms with Gasteiger partial charge >= 0.3 is 0 Å². The van der Waals surface area contributed by atoms with E-state index in [-0.39, 0.29) is 0 Å². The Morgan fingerprint density at radius 1 is 0.900 bits per heavy atom. The standard InChI is InChI=1S/C15H10N4O/c1-2-6-13-12(5-1)17-15-10(4-3-7-14(15)20-13)11-8-9-16-19-18-11/h1-9,17H. The lowest BCUT2D eigenvalue weighted by Crippen LogP contribution is -2.04. The van der Waals surface area contributed by atoms with Crippen LogP contribution in [0.25, 0.3) is 11.3 Å². The van der Waals surface area contributed by atoms with Gasteiger partial charge in [-0.3, -0.25) is 0 Å². The first-order valence-electron chi connectivity index (χ1n) is 6.23. The first-order chi connectivity index (χ1) is 9.92. The molecule has 20 heavy (non-hydrogen) atoms. The fraction of sp³-hybridized carbons (Fsp3) is 0. The molecular weight excluding hydrogens is 252 g/mol. The number of nitrogens with zero attached hydrogens (tertiary/aromatic N) is 3. The van der Waals surface area contributed by atoms with Gasteiger partial charge in [-0.25, -0.2) is 0 Å². The zero-order valence-corrected chi connectivity index (χ0v) is 10.4. The SMILES string of the molecule is c1ccc2c(c1)Nc1c(cccc1-c1ccnnn1)O2. The van der Waals surface area contributed by atoms with Gasteiger partial charge in [0.05, 0.1) is 23.3 Å². The minimum atomic E-state index is 0.757. The Labute approximate surface area is 115 Å². The van der Waals surface area contributed by atoms with Crippen molar-refractivity contribution in [3.63, 3.8) is 0 Å². The largest absolute Gasteiger partial charge is 0.453 e. The van der Waals surface area contributed by atoms with E-state index in [9.17, 15) is 0 Å². The molecule has 96 valence electrons. The number of benzene rings is 2. The molecule has 2 aromatic carbocycles. The van der Waals surface area contributed by atoms with E-state index in [0.29, 0.717) is 0 Å². The molecule has 5 heteroatoms. The number of hydrogen-bond donors (Lipinski definition) is 1. The summed E-state index contributed by atoms with van der Waals surface area (Å²) in [6.45, 7) is 0. The highest BCUT2D eigenvalue weighted by Crippen LogP contribution is 2.45. The number of hydrogen-bond acceptors (Lipinski definition) is 5. The predicted molar refractivity (Wildman–Crippen MR) is 75.1 cm³/mol. The zero-order valence-electron chi connectivity index (χ0n) is 10.4. The van der Waals surface area contributed by atoms with Crippen LogP contribution >= 0.6 is 0 Å². The molecule has 0 unspecified atom stereocenters. The Bertz CT molecular complexity index is 774. The molecular formula is C15H10N4O. The summed E-state index contributed by atoms with van der Waals surface area (Å²) < 4.78 is 5.91. The van der Waals surface area contributed by atoms with Crippen LogP contribution in [-0.4, -0.2) is 15.4 Å². The maximum atomic E-state index is 5.91. The molecule has 0 atom stereocenters. The molecule has 2 heterocycles. The minimum Gasteiger partial charge on any atom is -0.453 e. The molecule has 0 bridgehead atoms. The summed E-state index contributed by atoms with van der Waals surface area (Å²) >= 11 is 0. The molecule has 4 rings (SSSR count). The van der Waals surface area contributed by atoms with Crippen molar-refractivity contribution >= 4 is 11.4 Å². The van der Waals surface area contributed by atoms with E-state index < -0.39 is 0 Å². The molecule has 0 amide bonds. The average Bonchev–Trinajstić information content (AvgIpc) is 2.53. The molecule has 5 nitrogen and oxygen atoms in total. The lowest BCUT2D eigenvalue weighted by atomic mass is 10.1. The summed E-state index contributed by atoms with van der Waals surface area (Å²) in [7, 11) is 0. The van der Waals surface area contributed by atoms with Crippen molar-refractivity contribution in [1.82, 2.24) is 15.4 Å². The summed E-state index contributed by atoms with van der Waals surface area (Å²) in [5.74, 6) is 1.60. The van der Waals surface area contributed by atoms with Crippen molar-refractivity contribution in [2.24, 2.45) is 0 Å². The smallest absolute Gasteiger partial charge is 0.151 e. The predicted octanol–water partition coefficient (Wildman–Crippen LogP) is 3.39. The molecule has 1 aliphatic heterocycles. The Kier molecular flexibility index (Phi) is 2.35. The van der Waals surface area contributed by atoms with Crippen molar-refractivity contribution in [2.45, 2.75) is 0 Å². The molecule has 0 aliphatic carbocycles. The van der Waals surface area contributed by atoms with Crippen LogP contribution in [0.15, 0.2) is 54.7 Å². The van der Waals surface area contributed by atoms with Crippen molar-refractivity contribution in [3.05, 3.63) is 54.7 Å². The Morgan fingerprint density at radius 3 is 2.70 bits per heavy atom. The highest BCUT2D eigenvalue weighted by atomic mass is 16.5. The Morgan fingerprint density at radius 2 is 1.80 bits per heavy atom. The molecule has 0 spiro atoms. The molecule has 1 aliphatic rings. The fourth-order valence-corrected chi connectivity index (χ4v) is 2.26. The number of ether oxygens (including phenoxy) is 1. The van der Waals surface area contributed by atoms with Gasteiger partial charge in [0.2, 0.25) is 0 Å². The Balaban J connectivity index is 1.87. The maximum absolute atomic E-state index is 5.91. The normalized spacial score (nSPS) is 11.8. The van der Waals surface area contributed by atoms with Gasteiger partial charge in [0.1, 0.15) is 0 Å².